The van der Waals surface area contributed by atoms with Crippen LogP contribution in [0.2, 0.25) is 0 Å². The van der Waals surface area contributed by atoms with E-state index < -0.39 is 0 Å². The molecule has 4 unspecified atom stereocenters. The standard InChI is InChI=1S/C16H26N2S/c1-2-5-17-15(11-16-18-6-7-19-16)10-14-9-12-3-4-13(14)8-12/h6-7,12-15,17H,2-5,8-11H2,1H3. The van der Waals surface area contributed by atoms with Gasteiger partial charge < -0.3 is 5.32 Å². The molecule has 2 nitrogen and oxygen atoms in total. The molecular formula is C16H26N2S. The highest BCUT2D eigenvalue weighted by atomic mass is 32.1. The summed E-state index contributed by atoms with van der Waals surface area (Å²) in [5.74, 6) is 3.11. The molecule has 2 aliphatic rings. The zero-order chi connectivity index (χ0) is 13.1. The van der Waals surface area contributed by atoms with E-state index in [1.165, 1.54) is 43.5 Å². The molecule has 0 amide bonds. The van der Waals surface area contributed by atoms with Gasteiger partial charge in [-0.05, 0) is 56.4 Å². The van der Waals surface area contributed by atoms with Crippen molar-refractivity contribution in [2.45, 2.75) is 57.9 Å². The third-order valence-corrected chi connectivity index (χ3v) is 5.86. The summed E-state index contributed by atoms with van der Waals surface area (Å²) in [5.41, 5.74) is 0. The van der Waals surface area contributed by atoms with Crippen LogP contribution in [0.3, 0.4) is 0 Å². The van der Waals surface area contributed by atoms with Gasteiger partial charge in [0.25, 0.3) is 0 Å². The molecule has 1 aromatic heterocycles. The second kappa shape index (κ2) is 6.36. The maximum absolute atomic E-state index is 4.47. The average molecular weight is 278 g/mol. The predicted molar refractivity (Wildman–Crippen MR) is 81.5 cm³/mol. The topological polar surface area (TPSA) is 24.9 Å². The van der Waals surface area contributed by atoms with E-state index in [1.54, 1.807) is 11.3 Å². The Kier molecular flexibility index (Phi) is 4.54. The van der Waals surface area contributed by atoms with Gasteiger partial charge >= 0.3 is 0 Å². The Morgan fingerprint density at radius 1 is 1.42 bits per heavy atom. The summed E-state index contributed by atoms with van der Waals surface area (Å²) in [6, 6.07) is 0.649. The minimum absolute atomic E-state index is 0.649. The molecule has 19 heavy (non-hydrogen) atoms. The SMILES string of the molecule is CCCNC(Cc1nccs1)CC1CC2CCC1C2. The second-order valence-electron chi connectivity index (χ2n) is 6.45. The summed E-state index contributed by atoms with van der Waals surface area (Å²) in [5, 5.41) is 7.16. The molecule has 1 aromatic rings. The third kappa shape index (κ3) is 3.38. The minimum Gasteiger partial charge on any atom is -0.314 e. The van der Waals surface area contributed by atoms with Crippen molar-refractivity contribution in [1.82, 2.24) is 10.3 Å². The smallest absolute Gasteiger partial charge is 0.0940 e. The van der Waals surface area contributed by atoms with E-state index in [9.17, 15) is 0 Å². The number of nitrogens with one attached hydrogen (secondary N) is 1. The van der Waals surface area contributed by atoms with Gasteiger partial charge in [0.15, 0.2) is 0 Å². The molecule has 1 heterocycles. The van der Waals surface area contributed by atoms with E-state index in [-0.39, 0.29) is 0 Å². The van der Waals surface area contributed by atoms with Crippen LogP contribution in [-0.2, 0) is 6.42 Å². The fraction of sp³-hybridized carbons (Fsp3) is 0.812. The summed E-state index contributed by atoms with van der Waals surface area (Å²) >= 11 is 1.81. The third-order valence-electron chi connectivity index (χ3n) is 5.06. The number of nitrogens with zero attached hydrogens (tertiary/aromatic N) is 1. The van der Waals surface area contributed by atoms with Gasteiger partial charge in [-0.1, -0.05) is 13.3 Å². The van der Waals surface area contributed by atoms with Crippen LogP contribution in [0, 0.1) is 17.8 Å². The van der Waals surface area contributed by atoms with Crippen LogP contribution in [0.4, 0.5) is 0 Å². The van der Waals surface area contributed by atoms with E-state index >= 15 is 0 Å². The largest absolute Gasteiger partial charge is 0.314 e. The fourth-order valence-electron chi connectivity index (χ4n) is 4.18. The molecule has 2 fully saturated rings. The average Bonchev–Trinajstić information content (AvgIpc) is 3.12. The van der Waals surface area contributed by atoms with Crippen molar-refractivity contribution < 1.29 is 0 Å². The zero-order valence-electron chi connectivity index (χ0n) is 12.0. The van der Waals surface area contributed by atoms with Crippen LogP contribution in [0.5, 0.6) is 0 Å². The highest BCUT2D eigenvalue weighted by molar-refractivity contribution is 7.09. The number of hydrogen-bond donors (Lipinski definition) is 1. The molecule has 3 rings (SSSR count). The summed E-state index contributed by atoms with van der Waals surface area (Å²) in [7, 11) is 0. The highest BCUT2D eigenvalue weighted by Crippen LogP contribution is 2.50. The number of thiazole rings is 1. The van der Waals surface area contributed by atoms with Crippen molar-refractivity contribution in [3.8, 4) is 0 Å². The van der Waals surface area contributed by atoms with E-state index in [4.69, 9.17) is 0 Å². The first-order chi connectivity index (χ1) is 9.35. The second-order valence-corrected chi connectivity index (χ2v) is 7.43. The maximum atomic E-state index is 4.47. The van der Waals surface area contributed by atoms with Crippen molar-refractivity contribution in [1.29, 1.82) is 0 Å². The first-order valence-electron chi connectivity index (χ1n) is 7.97. The van der Waals surface area contributed by atoms with Crippen molar-refractivity contribution in [2.75, 3.05) is 6.54 Å². The van der Waals surface area contributed by atoms with Crippen molar-refractivity contribution in [2.24, 2.45) is 17.8 Å². The summed E-state index contributed by atoms with van der Waals surface area (Å²) in [6.45, 7) is 3.40. The predicted octanol–water partition coefficient (Wildman–Crippen LogP) is 3.88. The highest BCUT2D eigenvalue weighted by Gasteiger charge is 2.40. The number of rotatable bonds is 7. The molecule has 0 saturated heterocycles. The molecule has 2 bridgehead atoms. The number of hydrogen-bond acceptors (Lipinski definition) is 3. The van der Waals surface area contributed by atoms with E-state index in [0.29, 0.717) is 6.04 Å². The summed E-state index contributed by atoms with van der Waals surface area (Å²) in [4.78, 5) is 4.47. The van der Waals surface area contributed by atoms with Gasteiger partial charge in [0.1, 0.15) is 0 Å². The summed E-state index contributed by atoms with van der Waals surface area (Å²) in [6.07, 6.45) is 11.7. The fourth-order valence-corrected chi connectivity index (χ4v) is 4.88. The van der Waals surface area contributed by atoms with Gasteiger partial charge in [-0.25, -0.2) is 4.98 Å². The van der Waals surface area contributed by atoms with Crippen LogP contribution in [0.15, 0.2) is 11.6 Å². The van der Waals surface area contributed by atoms with Gasteiger partial charge in [-0.3, -0.25) is 0 Å². The van der Waals surface area contributed by atoms with Gasteiger partial charge in [0.2, 0.25) is 0 Å². The maximum Gasteiger partial charge on any atom is 0.0940 e. The molecular weight excluding hydrogens is 252 g/mol. The lowest BCUT2D eigenvalue weighted by Gasteiger charge is -2.27. The van der Waals surface area contributed by atoms with Gasteiger partial charge in [-0.15, -0.1) is 11.3 Å². The van der Waals surface area contributed by atoms with Crippen molar-refractivity contribution >= 4 is 11.3 Å². The first-order valence-corrected chi connectivity index (χ1v) is 8.85. The van der Waals surface area contributed by atoms with Gasteiger partial charge in [-0.2, -0.15) is 0 Å². The van der Waals surface area contributed by atoms with Crippen LogP contribution in [0.1, 0.15) is 50.5 Å². The normalized spacial score (nSPS) is 30.9. The molecule has 1 N–H and O–H groups in total. The van der Waals surface area contributed by atoms with Crippen molar-refractivity contribution in [3.63, 3.8) is 0 Å². The molecule has 0 aliphatic heterocycles. The molecule has 0 radical (unpaired) electrons. The Labute approximate surface area is 121 Å². The Morgan fingerprint density at radius 2 is 2.37 bits per heavy atom. The van der Waals surface area contributed by atoms with Crippen LogP contribution >= 0.6 is 11.3 Å². The quantitative estimate of drug-likeness (QED) is 0.818. The molecule has 3 heteroatoms. The Balaban J connectivity index is 1.55. The Morgan fingerprint density at radius 3 is 3.00 bits per heavy atom. The molecule has 2 saturated carbocycles. The monoisotopic (exact) mass is 278 g/mol. The van der Waals surface area contributed by atoms with E-state index in [0.717, 1.165) is 30.7 Å². The van der Waals surface area contributed by atoms with Gasteiger partial charge in [0.05, 0.1) is 5.01 Å². The van der Waals surface area contributed by atoms with Crippen LogP contribution < -0.4 is 5.32 Å². The van der Waals surface area contributed by atoms with Crippen LogP contribution in [0.25, 0.3) is 0 Å². The van der Waals surface area contributed by atoms with E-state index in [1.807, 2.05) is 6.20 Å². The minimum atomic E-state index is 0.649. The molecule has 106 valence electrons. The van der Waals surface area contributed by atoms with Gasteiger partial charge in [0, 0.05) is 24.0 Å². The Bertz CT molecular complexity index is 376. The van der Waals surface area contributed by atoms with E-state index in [2.05, 4.69) is 22.6 Å². The Hall–Kier alpha value is -0.410. The number of aromatic nitrogens is 1. The van der Waals surface area contributed by atoms with Crippen molar-refractivity contribution in [3.05, 3.63) is 16.6 Å². The number of fused-ring (bicyclic) bond motifs is 2. The lowest BCUT2D eigenvalue weighted by molar-refractivity contribution is 0.276. The lowest BCUT2D eigenvalue weighted by atomic mass is 9.83. The molecule has 0 spiro atoms. The molecule has 0 aromatic carbocycles. The summed E-state index contributed by atoms with van der Waals surface area (Å²) < 4.78 is 0. The molecule has 4 atom stereocenters. The zero-order valence-corrected chi connectivity index (χ0v) is 12.8. The first kappa shape index (κ1) is 13.6. The van der Waals surface area contributed by atoms with Crippen LogP contribution in [-0.4, -0.2) is 17.6 Å². The lowest BCUT2D eigenvalue weighted by Crippen LogP contribution is -2.34. The molecule has 2 aliphatic carbocycles.